The van der Waals surface area contributed by atoms with Crippen molar-refractivity contribution in [3.8, 4) is 0 Å². The summed E-state index contributed by atoms with van der Waals surface area (Å²) in [4.78, 5) is 0. The molecular weight excluding hydrogens is 326 g/mol. The van der Waals surface area contributed by atoms with Crippen LogP contribution in [0.3, 0.4) is 0 Å². The summed E-state index contributed by atoms with van der Waals surface area (Å²) < 4.78 is 23.2. The van der Waals surface area contributed by atoms with Crippen molar-refractivity contribution in [2.24, 2.45) is 0 Å². The second-order valence-corrected chi connectivity index (χ2v) is 7.59. The molecule has 1 unspecified atom stereocenters. The summed E-state index contributed by atoms with van der Waals surface area (Å²) >= 11 is 9.32. The highest BCUT2D eigenvalue weighted by atomic mass is 79.9. The van der Waals surface area contributed by atoms with Crippen molar-refractivity contribution in [1.29, 1.82) is 0 Å². The molecule has 0 aliphatic rings. The summed E-state index contributed by atoms with van der Waals surface area (Å²) in [7, 11) is -2.95. The van der Waals surface area contributed by atoms with Gasteiger partial charge in [-0.3, -0.25) is 0 Å². The molecular formula is C11H15BrClNO2S. The highest BCUT2D eigenvalue weighted by Crippen LogP contribution is 2.21. The molecule has 0 amide bonds. The number of hydrogen-bond acceptors (Lipinski definition) is 3. The SMILES string of the molecule is CC(CS(C)(=O)=O)NCc1cc(Cl)ccc1Br. The minimum atomic E-state index is -2.95. The molecule has 0 spiro atoms. The van der Waals surface area contributed by atoms with Crippen molar-refractivity contribution in [1.82, 2.24) is 5.32 Å². The first kappa shape index (κ1) is 15.0. The molecule has 1 rings (SSSR count). The fourth-order valence-corrected chi connectivity index (χ4v) is 3.08. The number of rotatable bonds is 5. The van der Waals surface area contributed by atoms with Gasteiger partial charge >= 0.3 is 0 Å². The summed E-state index contributed by atoms with van der Waals surface area (Å²) in [5, 5.41) is 3.82. The van der Waals surface area contributed by atoms with E-state index >= 15 is 0 Å². The van der Waals surface area contributed by atoms with E-state index in [9.17, 15) is 8.42 Å². The van der Waals surface area contributed by atoms with Crippen molar-refractivity contribution >= 4 is 37.4 Å². The van der Waals surface area contributed by atoms with Gasteiger partial charge in [-0.05, 0) is 30.7 Å². The Morgan fingerprint density at radius 2 is 2.12 bits per heavy atom. The molecule has 1 N–H and O–H groups in total. The van der Waals surface area contributed by atoms with Crippen LogP contribution in [-0.4, -0.2) is 26.5 Å². The Bertz CT molecular complexity index is 490. The lowest BCUT2D eigenvalue weighted by Crippen LogP contribution is -2.32. The van der Waals surface area contributed by atoms with Gasteiger partial charge in [0.05, 0.1) is 5.75 Å². The van der Waals surface area contributed by atoms with Crippen LogP contribution >= 0.6 is 27.5 Å². The zero-order valence-corrected chi connectivity index (χ0v) is 12.9. The largest absolute Gasteiger partial charge is 0.309 e. The zero-order valence-electron chi connectivity index (χ0n) is 9.70. The smallest absolute Gasteiger partial charge is 0.148 e. The maximum Gasteiger partial charge on any atom is 0.148 e. The Morgan fingerprint density at radius 1 is 1.47 bits per heavy atom. The molecule has 0 radical (unpaired) electrons. The first-order valence-electron chi connectivity index (χ1n) is 5.13. The van der Waals surface area contributed by atoms with Crippen molar-refractivity contribution in [3.05, 3.63) is 33.3 Å². The molecule has 0 aliphatic carbocycles. The lowest BCUT2D eigenvalue weighted by Gasteiger charge is -2.13. The molecule has 0 heterocycles. The normalized spacial score (nSPS) is 13.6. The van der Waals surface area contributed by atoms with Gasteiger partial charge in [0.15, 0.2) is 0 Å². The Kier molecular flexibility index (Phi) is 5.44. The lowest BCUT2D eigenvalue weighted by molar-refractivity contribution is 0.559. The Hall–Kier alpha value is -0.100. The molecule has 0 aromatic heterocycles. The predicted molar refractivity (Wildman–Crippen MR) is 75.2 cm³/mol. The molecule has 1 aromatic carbocycles. The van der Waals surface area contributed by atoms with Crippen molar-refractivity contribution < 1.29 is 8.42 Å². The Balaban J connectivity index is 2.58. The third kappa shape index (κ3) is 5.86. The molecule has 1 aromatic rings. The second kappa shape index (κ2) is 6.18. The van der Waals surface area contributed by atoms with Crippen LogP contribution in [0.25, 0.3) is 0 Å². The predicted octanol–water partition coefficient (Wildman–Crippen LogP) is 2.63. The van der Waals surface area contributed by atoms with Crippen molar-refractivity contribution in [2.75, 3.05) is 12.0 Å². The molecule has 0 aliphatic heterocycles. The van der Waals surface area contributed by atoms with E-state index < -0.39 is 9.84 Å². The molecule has 6 heteroatoms. The topological polar surface area (TPSA) is 46.2 Å². The third-order valence-electron chi connectivity index (χ3n) is 2.20. The number of nitrogens with one attached hydrogen (secondary N) is 1. The van der Waals surface area contributed by atoms with E-state index in [1.165, 1.54) is 6.26 Å². The summed E-state index contributed by atoms with van der Waals surface area (Å²) in [5.74, 6) is 0.130. The third-order valence-corrected chi connectivity index (χ3v) is 4.32. The molecule has 0 bridgehead atoms. The van der Waals surface area contributed by atoms with Gasteiger partial charge in [0.1, 0.15) is 9.84 Å². The van der Waals surface area contributed by atoms with E-state index in [0.717, 1.165) is 10.0 Å². The van der Waals surface area contributed by atoms with Gasteiger partial charge in [-0.25, -0.2) is 8.42 Å². The lowest BCUT2D eigenvalue weighted by atomic mass is 10.2. The number of sulfone groups is 1. The maximum atomic E-state index is 11.1. The van der Waals surface area contributed by atoms with Crippen LogP contribution < -0.4 is 5.32 Å². The van der Waals surface area contributed by atoms with Crippen molar-refractivity contribution in [2.45, 2.75) is 19.5 Å². The van der Waals surface area contributed by atoms with Gasteiger partial charge in [-0.2, -0.15) is 0 Å². The molecule has 0 saturated heterocycles. The van der Waals surface area contributed by atoms with Gasteiger partial charge < -0.3 is 5.32 Å². The van der Waals surface area contributed by atoms with Crippen LogP contribution in [0, 0.1) is 0 Å². The van der Waals surface area contributed by atoms with E-state index in [0.29, 0.717) is 11.6 Å². The molecule has 1 atom stereocenters. The fourth-order valence-electron chi connectivity index (χ4n) is 1.48. The fraction of sp³-hybridized carbons (Fsp3) is 0.455. The minimum absolute atomic E-state index is 0.0871. The average molecular weight is 341 g/mol. The molecule has 3 nitrogen and oxygen atoms in total. The van der Waals surface area contributed by atoms with E-state index in [1.807, 2.05) is 19.1 Å². The van der Waals surface area contributed by atoms with Crippen LogP contribution in [0.2, 0.25) is 5.02 Å². The quantitative estimate of drug-likeness (QED) is 0.896. The monoisotopic (exact) mass is 339 g/mol. The molecule has 96 valence electrons. The molecule has 0 saturated carbocycles. The van der Waals surface area contributed by atoms with Gasteiger partial charge in [0, 0.05) is 28.3 Å². The molecule has 17 heavy (non-hydrogen) atoms. The standard InChI is InChI=1S/C11H15BrClNO2S/c1-8(7-17(2,15)16)14-6-9-5-10(13)3-4-11(9)12/h3-5,8,14H,6-7H2,1-2H3. The minimum Gasteiger partial charge on any atom is -0.309 e. The van der Waals surface area contributed by atoms with Crippen LogP contribution in [0.1, 0.15) is 12.5 Å². The number of hydrogen-bond donors (Lipinski definition) is 1. The van der Waals surface area contributed by atoms with E-state index in [4.69, 9.17) is 11.6 Å². The van der Waals surface area contributed by atoms with Crippen molar-refractivity contribution in [3.63, 3.8) is 0 Å². The van der Waals surface area contributed by atoms with Gasteiger partial charge in [0.2, 0.25) is 0 Å². The highest BCUT2D eigenvalue weighted by Gasteiger charge is 2.10. The summed E-state index contributed by atoms with van der Waals surface area (Å²) in [5.41, 5.74) is 1.01. The first-order valence-corrected chi connectivity index (χ1v) is 8.36. The highest BCUT2D eigenvalue weighted by molar-refractivity contribution is 9.10. The first-order chi connectivity index (χ1) is 7.78. The Labute approximate surface area is 116 Å². The second-order valence-electron chi connectivity index (χ2n) is 4.11. The summed E-state index contributed by atoms with van der Waals surface area (Å²) in [6.45, 7) is 2.43. The van der Waals surface area contributed by atoms with Crippen LogP contribution in [0.5, 0.6) is 0 Å². The van der Waals surface area contributed by atoms with Gasteiger partial charge in [0.25, 0.3) is 0 Å². The Morgan fingerprint density at radius 3 is 2.71 bits per heavy atom. The zero-order chi connectivity index (χ0) is 13.1. The molecule has 0 fully saturated rings. The van der Waals surface area contributed by atoms with E-state index in [-0.39, 0.29) is 11.8 Å². The van der Waals surface area contributed by atoms with Gasteiger partial charge in [-0.15, -0.1) is 0 Å². The van der Waals surface area contributed by atoms with Crippen LogP contribution in [0.4, 0.5) is 0 Å². The number of benzene rings is 1. The average Bonchev–Trinajstić information content (AvgIpc) is 2.17. The summed E-state index contributed by atoms with van der Waals surface area (Å²) in [6, 6.07) is 5.44. The van der Waals surface area contributed by atoms with Gasteiger partial charge in [-0.1, -0.05) is 27.5 Å². The summed E-state index contributed by atoms with van der Waals surface area (Å²) in [6.07, 6.45) is 1.24. The van der Waals surface area contributed by atoms with E-state index in [1.54, 1.807) is 6.07 Å². The van der Waals surface area contributed by atoms with E-state index in [2.05, 4.69) is 21.2 Å². The van der Waals surface area contributed by atoms with Crippen LogP contribution in [-0.2, 0) is 16.4 Å². The maximum absolute atomic E-state index is 11.1. The van der Waals surface area contributed by atoms with Crippen LogP contribution in [0.15, 0.2) is 22.7 Å². The number of halogens is 2.